The quantitative estimate of drug-likeness (QED) is 0.798. The van der Waals surface area contributed by atoms with Crippen molar-refractivity contribution in [1.82, 2.24) is 0 Å². The van der Waals surface area contributed by atoms with Crippen LogP contribution < -0.4 is 20.5 Å². The maximum absolute atomic E-state index is 10.8. The molecule has 3 N–H and O–H groups in total. The van der Waals surface area contributed by atoms with Gasteiger partial charge in [0.15, 0.2) is 18.1 Å². The molecule has 2 rings (SSSR count). The number of nitrogens with two attached hydrogens (primary N) is 1. The second-order valence-corrected chi connectivity index (χ2v) is 5.54. The Kier molecular flexibility index (Phi) is 5.96. The predicted octanol–water partition coefficient (Wildman–Crippen LogP) is 3.48. The number of hydrogen-bond acceptors (Lipinski definition) is 4. The Hall–Kier alpha value is -2.11. The fourth-order valence-corrected chi connectivity index (χ4v) is 2.20. The predicted molar refractivity (Wildman–Crippen MR) is 91.5 cm³/mol. The van der Waals surface area contributed by atoms with Gasteiger partial charge in [-0.25, -0.2) is 0 Å². The maximum atomic E-state index is 10.8. The highest BCUT2D eigenvalue weighted by Gasteiger charge is 2.07. The van der Waals surface area contributed by atoms with E-state index in [2.05, 4.69) is 5.32 Å². The van der Waals surface area contributed by atoms with Crippen LogP contribution in [-0.4, -0.2) is 19.6 Å². The van der Waals surface area contributed by atoms with Crippen LogP contribution in [0.3, 0.4) is 0 Å². The monoisotopic (exact) mass is 354 g/mol. The first-order valence-electron chi connectivity index (χ1n) is 6.76. The summed E-state index contributed by atoms with van der Waals surface area (Å²) in [5.74, 6) is 0.446. The van der Waals surface area contributed by atoms with Gasteiger partial charge in [-0.15, -0.1) is 0 Å². The van der Waals surface area contributed by atoms with E-state index in [1.165, 1.54) is 7.11 Å². The van der Waals surface area contributed by atoms with Crippen molar-refractivity contribution in [3.8, 4) is 11.5 Å². The van der Waals surface area contributed by atoms with Crippen LogP contribution in [0.5, 0.6) is 11.5 Å². The van der Waals surface area contributed by atoms with Crippen molar-refractivity contribution in [3.63, 3.8) is 0 Å². The summed E-state index contributed by atoms with van der Waals surface area (Å²) in [7, 11) is 1.53. The van der Waals surface area contributed by atoms with E-state index in [9.17, 15) is 4.79 Å². The molecule has 0 bridgehead atoms. The summed E-state index contributed by atoms with van der Waals surface area (Å²) in [6.45, 7) is 0.363. The Bertz CT molecular complexity index is 708. The molecule has 122 valence electrons. The zero-order valence-electron chi connectivity index (χ0n) is 12.4. The third kappa shape index (κ3) is 4.94. The number of carbonyl (C=O) groups excluding carboxylic acids is 1. The van der Waals surface area contributed by atoms with Crippen LogP contribution in [0.2, 0.25) is 10.0 Å². The van der Waals surface area contributed by atoms with Gasteiger partial charge in [0, 0.05) is 12.2 Å². The van der Waals surface area contributed by atoms with Crippen LogP contribution in [-0.2, 0) is 11.3 Å². The molecule has 0 aromatic heterocycles. The number of primary amides is 1. The Balaban J connectivity index is 2.05. The van der Waals surface area contributed by atoms with E-state index < -0.39 is 5.91 Å². The van der Waals surface area contributed by atoms with E-state index in [1.807, 2.05) is 18.2 Å². The van der Waals surface area contributed by atoms with Crippen LogP contribution in [0.1, 0.15) is 5.56 Å². The summed E-state index contributed by atoms with van der Waals surface area (Å²) in [6, 6.07) is 10.7. The average molecular weight is 355 g/mol. The highest BCUT2D eigenvalue weighted by atomic mass is 35.5. The highest BCUT2D eigenvalue weighted by Crippen LogP contribution is 2.29. The van der Waals surface area contributed by atoms with Gasteiger partial charge in [-0.3, -0.25) is 4.79 Å². The molecule has 0 radical (unpaired) electrons. The first-order chi connectivity index (χ1) is 11.0. The van der Waals surface area contributed by atoms with E-state index in [1.54, 1.807) is 18.2 Å². The Morgan fingerprint density at radius 3 is 2.57 bits per heavy atom. The van der Waals surface area contributed by atoms with Crippen LogP contribution >= 0.6 is 23.2 Å². The van der Waals surface area contributed by atoms with Crippen LogP contribution in [0.4, 0.5) is 5.69 Å². The van der Waals surface area contributed by atoms with Gasteiger partial charge in [0.05, 0.1) is 17.2 Å². The number of amides is 1. The summed E-state index contributed by atoms with van der Waals surface area (Å²) >= 11 is 11.9. The summed E-state index contributed by atoms with van der Waals surface area (Å²) in [5, 5.41) is 4.24. The lowest BCUT2D eigenvalue weighted by molar-refractivity contribution is -0.119. The lowest BCUT2D eigenvalue weighted by atomic mass is 10.2. The number of halogens is 2. The Morgan fingerprint density at radius 2 is 1.91 bits per heavy atom. The molecular weight excluding hydrogens is 339 g/mol. The molecule has 0 fully saturated rings. The summed E-state index contributed by atoms with van der Waals surface area (Å²) in [6.07, 6.45) is 0. The molecular formula is C16H16Cl2N2O3. The van der Waals surface area contributed by atoms with Gasteiger partial charge in [0.2, 0.25) is 0 Å². The van der Waals surface area contributed by atoms with Gasteiger partial charge >= 0.3 is 0 Å². The fraction of sp³-hybridized carbons (Fsp3) is 0.188. The van der Waals surface area contributed by atoms with Gasteiger partial charge in [0.25, 0.3) is 5.91 Å². The normalized spacial score (nSPS) is 10.2. The SMILES string of the molecule is COc1cc(CNc2ccc(Cl)c(Cl)c2)ccc1OCC(N)=O. The van der Waals surface area contributed by atoms with Crippen LogP contribution in [0, 0.1) is 0 Å². The number of nitrogens with one attached hydrogen (secondary N) is 1. The maximum Gasteiger partial charge on any atom is 0.255 e. The van der Waals surface area contributed by atoms with Crippen LogP contribution in [0.25, 0.3) is 0 Å². The molecule has 0 aliphatic heterocycles. The zero-order chi connectivity index (χ0) is 16.8. The number of rotatable bonds is 7. The lowest BCUT2D eigenvalue weighted by Gasteiger charge is -2.12. The van der Waals surface area contributed by atoms with E-state index in [0.29, 0.717) is 28.1 Å². The molecule has 23 heavy (non-hydrogen) atoms. The number of hydrogen-bond donors (Lipinski definition) is 2. The number of anilines is 1. The second-order valence-electron chi connectivity index (χ2n) is 4.72. The standard InChI is InChI=1S/C16H16Cl2N2O3/c1-22-15-6-10(2-5-14(15)23-9-16(19)21)8-20-11-3-4-12(17)13(18)7-11/h2-7,20H,8-9H2,1H3,(H2,19,21). The van der Waals surface area contributed by atoms with Gasteiger partial charge < -0.3 is 20.5 Å². The van der Waals surface area contributed by atoms with Crippen molar-refractivity contribution in [2.75, 3.05) is 19.0 Å². The minimum absolute atomic E-state index is 0.197. The molecule has 0 aliphatic carbocycles. The van der Waals surface area contributed by atoms with Crippen molar-refractivity contribution >= 4 is 34.8 Å². The third-order valence-electron chi connectivity index (χ3n) is 3.01. The Labute approximate surface area is 144 Å². The topological polar surface area (TPSA) is 73.6 Å². The van der Waals surface area contributed by atoms with Gasteiger partial charge in [-0.2, -0.15) is 0 Å². The fourth-order valence-electron chi connectivity index (χ4n) is 1.90. The molecule has 2 aromatic rings. The van der Waals surface area contributed by atoms with E-state index >= 15 is 0 Å². The van der Waals surface area contributed by atoms with Crippen molar-refractivity contribution in [2.24, 2.45) is 5.73 Å². The lowest BCUT2D eigenvalue weighted by Crippen LogP contribution is -2.20. The largest absolute Gasteiger partial charge is 0.493 e. The number of methoxy groups -OCH3 is 1. The van der Waals surface area contributed by atoms with Gasteiger partial charge in [0.1, 0.15) is 0 Å². The number of benzene rings is 2. The molecule has 1 amide bonds. The van der Waals surface area contributed by atoms with Gasteiger partial charge in [-0.05, 0) is 35.9 Å². The first kappa shape index (κ1) is 17.2. The van der Waals surface area contributed by atoms with E-state index in [4.69, 9.17) is 38.4 Å². The summed E-state index contributed by atoms with van der Waals surface area (Å²) < 4.78 is 10.5. The molecule has 2 aromatic carbocycles. The number of carbonyl (C=O) groups is 1. The molecule has 0 aliphatic rings. The minimum atomic E-state index is -0.544. The summed E-state index contributed by atoms with van der Waals surface area (Å²) in [4.78, 5) is 10.8. The summed E-state index contributed by atoms with van der Waals surface area (Å²) in [5.41, 5.74) is 6.89. The molecule has 0 saturated heterocycles. The molecule has 0 heterocycles. The van der Waals surface area contributed by atoms with E-state index in [0.717, 1.165) is 11.3 Å². The molecule has 0 atom stereocenters. The van der Waals surface area contributed by atoms with Gasteiger partial charge in [-0.1, -0.05) is 29.3 Å². The third-order valence-corrected chi connectivity index (χ3v) is 3.75. The first-order valence-corrected chi connectivity index (χ1v) is 7.52. The van der Waals surface area contributed by atoms with Crippen molar-refractivity contribution < 1.29 is 14.3 Å². The molecule has 0 spiro atoms. The molecule has 7 heteroatoms. The van der Waals surface area contributed by atoms with Crippen molar-refractivity contribution in [1.29, 1.82) is 0 Å². The van der Waals surface area contributed by atoms with Crippen molar-refractivity contribution in [3.05, 3.63) is 52.0 Å². The second kappa shape index (κ2) is 7.94. The van der Waals surface area contributed by atoms with Crippen LogP contribution in [0.15, 0.2) is 36.4 Å². The van der Waals surface area contributed by atoms with E-state index in [-0.39, 0.29) is 6.61 Å². The zero-order valence-corrected chi connectivity index (χ0v) is 13.9. The minimum Gasteiger partial charge on any atom is -0.493 e. The number of ether oxygens (including phenoxy) is 2. The smallest absolute Gasteiger partial charge is 0.255 e. The highest BCUT2D eigenvalue weighted by molar-refractivity contribution is 6.42. The molecule has 0 unspecified atom stereocenters. The Morgan fingerprint density at radius 1 is 1.13 bits per heavy atom. The van der Waals surface area contributed by atoms with Crippen molar-refractivity contribution in [2.45, 2.75) is 6.54 Å². The molecule has 0 saturated carbocycles. The average Bonchev–Trinajstić information content (AvgIpc) is 2.54. The molecule has 5 nitrogen and oxygen atoms in total.